The zero-order valence-electron chi connectivity index (χ0n) is 9.44. The van der Waals surface area contributed by atoms with E-state index in [1.165, 1.54) is 0 Å². The first-order valence-corrected chi connectivity index (χ1v) is 5.44. The smallest absolute Gasteiger partial charge is 0.102 e. The van der Waals surface area contributed by atoms with Gasteiger partial charge in [0.2, 0.25) is 0 Å². The van der Waals surface area contributed by atoms with E-state index in [1.54, 1.807) is 0 Å². The lowest BCUT2D eigenvalue weighted by Gasteiger charge is -2.00. The standard InChI is InChI=1S/C14H11N3/c1-17-8-4-7-13(17)14-11(9-15)10-5-2-3-6-12(10)16-14/h2-8,16H,1H3. The third kappa shape index (κ3) is 1.35. The Balaban J connectivity index is 2.38. The fourth-order valence-corrected chi connectivity index (χ4v) is 2.17. The monoisotopic (exact) mass is 221 g/mol. The van der Waals surface area contributed by atoms with Gasteiger partial charge in [0.15, 0.2) is 0 Å². The summed E-state index contributed by atoms with van der Waals surface area (Å²) in [5.74, 6) is 0. The Labute approximate surface area is 98.9 Å². The van der Waals surface area contributed by atoms with Crippen molar-refractivity contribution in [1.29, 1.82) is 5.26 Å². The molecular weight excluding hydrogens is 210 g/mol. The van der Waals surface area contributed by atoms with Gasteiger partial charge >= 0.3 is 0 Å². The van der Waals surface area contributed by atoms with Gasteiger partial charge in [-0.1, -0.05) is 18.2 Å². The first-order valence-electron chi connectivity index (χ1n) is 5.44. The Morgan fingerprint density at radius 1 is 1.18 bits per heavy atom. The molecule has 1 aromatic carbocycles. The highest BCUT2D eigenvalue weighted by Gasteiger charge is 2.13. The van der Waals surface area contributed by atoms with E-state index in [0.29, 0.717) is 5.56 Å². The first kappa shape index (κ1) is 9.73. The van der Waals surface area contributed by atoms with Gasteiger partial charge in [0.05, 0.1) is 17.0 Å². The number of aromatic amines is 1. The highest BCUT2D eigenvalue weighted by Crippen LogP contribution is 2.29. The van der Waals surface area contributed by atoms with Crippen LogP contribution in [0.4, 0.5) is 0 Å². The molecule has 0 unspecified atom stereocenters. The summed E-state index contributed by atoms with van der Waals surface area (Å²) in [6.07, 6.45) is 1.97. The number of H-pyrrole nitrogens is 1. The van der Waals surface area contributed by atoms with Crippen LogP contribution in [0.2, 0.25) is 0 Å². The largest absolute Gasteiger partial charge is 0.352 e. The highest BCUT2D eigenvalue weighted by atomic mass is 14.9. The number of nitrogens with one attached hydrogen (secondary N) is 1. The second-order valence-corrected chi connectivity index (χ2v) is 4.04. The minimum Gasteiger partial charge on any atom is -0.352 e. The van der Waals surface area contributed by atoms with E-state index < -0.39 is 0 Å². The molecule has 0 aliphatic carbocycles. The summed E-state index contributed by atoms with van der Waals surface area (Å²) in [4.78, 5) is 3.32. The molecule has 3 heteroatoms. The minimum absolute atomic E-state index is 0.711. The number of nitrogens with zero attached hydrogens (tertiary/aromatic N) is 2. The summed E-state index contributed by atoms with van der Waals surface area (Å²) < 4.78 is 2.01. The van der Waals surface area contributed by atoms with Crippen LogP contribution in [0, 0.1) is 11.3 Å². The molecule has 0 spiro atoms. The van der Waals surface area contributed by atoms with Crippen LogP contribution in [0.15, 0.2) is 42.6 Å². The Bertz CT molecular complexity index is 725. The van der Waals surface area contributed by atoms with Crippen LogP contribution < -0.4 is 0 Å². The molecule has 82 valence electrons. The molecule has 0 aliphatic heterocycles. The molecule has 0 aliphatic rings. The molecule has 3 rings (SSSR count). The van der Waals surface area contributed by atoms with Crippen molar-refractivity contribution in [1.82, 2.24) is 9.55 Å². The van der Waals surface area contributed by atoms with E-state index in [0.717, 1.165) is 22.3 Å². The predicted molar refractivity (Wildman–Crippen MR) is 67.4 cm³/mol. The molecule has 0 radical (unpaired) electrons. The molecule has 0 saturated carbocycles. The quantitative estimate of drug-likeness (QED) is 0.674. The van der Waals surface area contributed by atoms with Gasteiger partial charge in [-0.2, -0.15) is 5.26 Å². The summed E-state index contributed by atoms with van der Waals surface area (Å²) in [6.45, 7) is 0. The normalized spacial score (nSPS) is 10.6. The second-order valence-electron chi connectivity index (χ2n) is 4.04. The average Bonchev–Trinajstić information content (AvgIpc) is 2.91. The van der Waals surface area contributed by atoms with Gasteiger partial charge in [-0.3, -0.25) is 0 Å². The van der Waals surface area contributed by atoms with Crippen molar-refractivity contribution in [3.63, 3.8) is 0 Å². The van der Waals surface area contributed by atoms with Crippen molar-refractivity contribution in [2.24, 2.45) is 7.05 Å². The Hall–Kier alpha value is -2.47. The summed E-state index contributed by atoms with van der Waals surface area (Å²) in [5, 5.41) is 10.3. The molecule has 0 fully saturated rings. The molecule has 17 heavy (non-hydrogen) atoms. The summed E-state index contributed by atoms with van der Waals surface area (Å²) in [7, 11) is 1.97. The molecule has 0 amide bonds. The molecule has 1 N–H and O–H groups in total. The van der Waals surface area contributed by atoms with Crippen LogP contribution in [-0.2, 0) is 7.05 Å². The van der Waals surface area contributed by atoms with Crippen molar-refractivity contribution < 1.29 is 0 Å². The molecule has 3 nitrogen and oxygen atoms in total. The molecule has 0 atom stereocenters. The van der Waals surface area contributed by atoms with Gasteiger partial charge in [-0.25, -0.2) is 0 Å². The number of hydrogen-bond donors (Lipinski definition) is 1. The number of aromatic nitrogens is 2. The molecule has 2 aromatic heterocycles. The summed E-state index contributed by atoms with van der Waals surface area (Å²) in [5.41, 5.74) is 3.63. The Morgan fingerprint density at radius 2 is 2.00 bits per heavy atom. The van der Waals surface area contributed by atoms with Crippen molar-refractivity contribution >= 4 is 10.9 Å². The number of hydrogen-bond acceptors (Lipinski definition) is 1. The summed E-state index contributed by atoms with van der Waals surface area (Å²) in [6, 6.07) is 14.1. The number of benzene rings is 1. The molecule has 2 heterocycles. The topological polar surface area (TPSA) is 44.5 Å². The van der Waals surface area contributed by atoms with Crippen molar-refractivity contribution in [3.8, 4) is 17.5 Å². The first-order chi connectivity index (χ1) is 8.31. The molecule has 0 saturated heterocycles. The lowest BCUT2D eigenvalue weighted by molar-refractivity contribution is 0.933. The maximum Gasteiger partial charge on any atom is 0.102 e. The predicted octanol–water partition coefficient (Wildman–Crippen LogP) is 3.05. The van der Waals surface area contributed by atoms with Gasteiger partial charge in [0.25, 0.3) is 0 Å². The number of fused-ring (bicyclic) bond motifs is 1. The lowest BCUT2D eigenvalue weighted by Crippen LogP contribution is -1.90. The van der Waals surface area contributed by atoms with Gasteiger partial charge < -0.3 is 9.55 Å². The number of aryl methyl sites for hydroxylation is 1. The Kier molecular flexibility index (Phi) is 2.02. The third-order valence-corrected chi connectivity index (χ3v) is 3.02. The van der Waals surface area contributed by atoms with Crippen LogP contribution in [0.5, 0.6) is 0 Å². The van der Waals surface area contributed by atoms with Crippen LogP contribution in [0.1, 0.15) is 5.56 Å². The zero-order chi connectivity index (χ0) is 11.8. The lowest BCUT2D eigenvalue weighted by atomic mass is 10.1. The molecular formula is C14H11N3. The van der Waals surface area contributed by atoms with Gasteiger partial charge in [0.1, 0.15) is 6.07 Å². The van der Waals surface area contributed by atoms with Gasteiger partial charge in [0, 0.05) is 24.1 Å². The van der Waals surface area contributed by atoms with E-state index in [9.17, 15) is 5.26 Å². The third-order valence-electron chi connectivity index (χ3n) is 3.02. The maximum absolute atomic E-state index is 9.32. The van der Waals surface area contributed by atoms with E-state index in [4.69, 9.17) is 0 Å². The average molecular weight is 221 g/mol. The van der Waals surface area contributed by atoms with Gasteiger partial charge in [-0.15, -0.1) is 0 Å². The highest BCUT2D eigenvalue weighted by molar-refractivity contribution is 5.92. The van der Waals surface area contributed by atoms with Crippen LogP contribution >= 0.6 is 0 Å². The fraction of sp³-hybridized carbons (Fsp3) is 0.0714. The molecule has 3 aromatic rings. The van der Waals surface area contributed by atoms with Crippen LogP contribution in [0.3, 0.4) is 0 Å². The van der Waals surface area contributed by atoms with Crippen molar-refractivity contribution in [3.05, 3.63) is 48.2 Å². The number of nitriles is 1. The van der Waals surface area contributed by atoms with E-state index in [-0.39, 0.29) is 0 Å². The SMILES string of the molecule is Cn1cccc1-c1[nH]c2ccccc2c1C#N. The fourth-order valence-electron chi connectivity index (χ4n) is 2.17. The van der Waals surface area contributed by atoms with Crippen LogP contribution in [0.25, 0.3) is 22.3 Å². The second kappa shape index (κ2) is 3.53. The van der Waals surface area contributed by atoms with E-state index in [1.807, 2.05) is 54.2 Å². The van der Waals surface area contributed by atoms with Gasteiger partial charge in [-0.05, 0) is 18.2 Å². The van der Waals surface area contributed by atoms with E-state index >= 15 is 0 Å². The van der Waals surface area contributed by atoms with Crippen molar-refractivity contribution in [2.75, 3.05) is 0 Å². The van der Waals surface area contributed by atoms with Crippen LogP contribution in [-0.4, -0.2) is 9.55 Å². The number of rotatable bonds is 1. The maximum atomic E-state index is 9.32. The number of para-hydroxylation sites is 1. The minimum atomic E-state index is 0.711. The zero-order valence-corrected chi connectivity index (χ0v) is 9.44. The Morgan fingerprint density at radius 3 is 2.71 bits per heavy atom. The summed E-state index contributed by atoms with van der Waals surface area (Å²) >= 11 is 0. The van der Waals surface area contributed by atoms with E-state index in [2.05, 4.69) is 11.1 Å². The molecule has 0 bridgehead atoms. The van der Waals surface area contributed by atoms with Crippen molar-refractivity contribution in [2.45, 2.75) is 0 Å².